The summed E-state index contributed by atoms with van der Waals surface area (Å²) in [5, 5.41) is 0. The molecule has 0 atom stereocenters. The van der Waals surface area contributed by atoms with Crippen molar-refractivity contribution in [3.63, 3.8) is 0 Å². The van der Waals surface area contributed by atoms with Gasteiger partial charge in [0.2, 0.25) is 0 Å². The van der Waals surface area contributed by atoms with Gasteiger partial charge in [-0.25, -0.2) is 8.42 Å². The van der Waals surface area contributed by atoms with Crippen molar-refractivity contribution in [1.82, 2.24) is 0 Å². The molecule has 0 spiro atoms. The van der Waals surface area contributed by atoms with Crippen molar-refractivity contribution in [2.24, 2.45) is 0 Å². The Morgan fingerprint density at radius 1 is 1.38 bits per heavy atom. The molecule has 0 aliphatic carbocycles. The van der Waals surface area contributed by atoms with E-state index in [4.69, 9.17) is 4.74 Å². The molecule has 0 bridgehead atoms. The van der Waals surface area contributed by atoms with Crippen molar-refractivity contribution < 1.29 is 17.9 Å². The van der Waals surface area contributed by atoms with Gasteiger partial charge in [-0.2, -0.15) is 0 Å². The van der Waals surface area contributed by atoms with Gasteiger partial charge in [-0.3, -0.25) is 0 Å². The summed E-state index contributed by atoms with van der Waals surface area (Å²) in [6.07, 6.45) is 2.92. The van der Waals surface area contributed by atoms with Crippen LogP contribution in [0.25, 0.3) is 0 Å². The van der Waals surface area contributed by atoms with Crippen LogP contribution in [0.2, 0.25) is 0 Å². The highest BCUT2D eigenvalue weighted by Gasteiger charge is 2.11. The van der Waals surface area contributed by atoms with Crippen LogP contribution in [0.3, 0.4) is 0 Å². The fourth-order valence-corrected chi connectivity index (χ4v) is 2.01. The van der Waals surface area contributed by atoms with E-state index in [-0.39, 0.29) is 4.90 Å². The molecule has 0 aromatic heterocycles. The Labute approximate surface area is 95.2 Å². The molecule has 1 rings (SSSR count). The number of benzene rings is 1. The largest absolute Gasteiger partial charge is 0.496 e. The Morgan fingerprint density at radius 2 is 2.06 bits per heavy atom. The van der Waals surface area contributed by atoms with Crippen LogP contribution < -0.4 is 4.74 Å². The van der Waals surface area contributed by atoms with Crippen LogP contribution >= 0.6 is 0 Å². The molecule has 0 aliphatic rings. The van der Waals surface area contributed by atoms with E-state index >= 15 is 0 Å². The van der Waals surface area contributed by atoms with Crippen LogP contribution in [0.15, 0.2) is 23.1 Å². The number of carbonyl (C=O) groups excluding carboxylic acids is 1. The maximum Gasteiger partial charge on any atom is 0.175 e. The molecule has 0 unspecified atom stereocenters. The van der Waals surface area contributed by atoms with Crippen molar-refractivity contribution >= 4 is 16.1 Å². The van der Waals surface area contributed by atoms with E-state index in [2.05, 4.69) is 0 Å². The first-order valence-corrected chi connectivity index (χ1v) is 6.69. The summed E-state index contributed by atoms with van der Waals surface area (Å²) < 4.78 is 27.7. The summed E-state index contributed by atoms with van der Waals surface area (Å²) in [4.78, 5) is 10.5. The Kier molecular flexibility index (Phi) is 4.06. The number of hydrogen-bond acceptors (Lipinski definition) is 4. The van der Waals surface area contributed by atoms with E-state index in [9.17, 15) is 13.2 Å². The lowest BCUT2D eigenvalue weighted by Crippen LogP contribution is -2.00. The molecule has 0 radical (unpaired) electrons. The third kappa shape index (κ3) is 3.06. The molecule has 1 aromatic rings. The van der Waals surface area contributed by atoms with Crippen molar-refractivity contribution in [1.29, 1.82) is 0 Å². The molecule has 5 heteroatoms. The number of aldehydes is 1. The molecule has 0 fully saturated rings. The van der Waals surface area contributed by atoms with Gasteiger partial charge in [0, 0.05) is 12.7 Å². The number of rotatable bonds is 5. The molecule has 0 heterocycles. The summed E-state index contributed by atoms with van der Waals surface area (Å²) in [5.41, 5.74) is 0.835. The minimum atomic E-state index is -3.22. The number of aryl methyl sites for hydroxylation is 1. The lowest BCUT2D eigenvalue weighted by Gasteiger charge is -2.08. The minimum absolute atomic E-state index is 0.221. The van der Waals surface area contributed by atoms with Crippen molar-refractivity contribution in [2.75, 3.05) is 13.4 Å². The SMILES string of the molecule is COc1cc(S(C)(=O)=O)ccc1CCC=O. The number of carbonyl (C=O) groups is 1. The van der Waals surface area contributed by atoms with Gasteiger partial charge >= 0.3 is 0 Å². The molecule has 1 aromatic carbocycles. The molecular weight excluding hydrogens is 228 g/mol. The third-order valence-corrected chi connectivity index (χ3v) is 3.33. The molecular formula is C11H14O4S. The normalized spacial score (nSPS) is 11.1. The van der Waals surface area contributed by atoms with Crippen molar-refractivity contribution in [2.45, 2.75) is 17.7 Å². The zero-order chi connectivity index (χ0) is 12.2. The zero-order valence-electron chi connectivity index (χ0n) is 9.26. The predicted octanol–water partition coefficient (Wildman–Crippen LogP) is 1.23. The maximum atomic E-state index is 11.3. The lowest BCUT2D eigenvalue weighted by molar-refractivity contribution is -0.107. The average Bonchev–Trinajstić information content (AvgIpc) is 2.24. The van der Waals surface area contributed by atoms with E-state index < -0.39 is 9.84 Å². The number of methoxy groups -OCH3 is 1. The number of sulfone groups is 1. The van der Waals surface area contributed by atoms with Gasteiger partial charge in [0.15, 0.2) is 9.84 Å². The van der Waals surface area contributed by atoms with Crippen LogP contribution in [-0.2, 0) is 21.1 Å². The highest BCUT2D eigenvalue weighted by atomic mass is 32.2. The smallest absolute Gasteiger partial charge is 0.175 e. The Morgan fingerprint density at radius 3 is 2.56 bits per heavy atom. The van der Waals surface area contributed by atoms with Crippen LogP contribution in [-0.4, -0.2) is 28.1 Å². The monoisotopic (exact) mass is 242 g/mol. The van der Waals surface area contributed by atoms with Gasteiger partial charge < -0.3 is 9.53 Å². The summed E-state index contributed by atoms with van der Waals surface area (Å²) >= 11 is 0. The van der Waals surface area contributed by atoms with E-state index in [0.29, 0.717) is 18.6 Å². The zero-order valence-corrected chi connectivity index (χ0v) is 10.1. The number of hydrogen-bond donors (Lipinski definition) is 0. The molecule has 4 nitrogen and oxygen atoms in total. The molecule has 88 valence electrons. The maximum absolute atomic E-state index is 11.3. The van der Waals surface area contributed by atoms with E-state index in [0.717, 1.165) is 18.1 Å². The summed E-state index contributed by atoms with van der Waals surface area (Å²) in [7, 11) is -1.74. The summed E-state index contributed by atoms with van der Waals surface area (Å²) in [6, 6.07) is 4.69. The van der Waals surface area contributed by atoms with E-state index in [1.54, 1.807) is 6.07 Å². The summed E-state index contributed by atoms with van der Waals surface area (Å²) in [5.74, 6) is 0.504. The predicted molar refractivity (Wildman–Crippen MR) is 60.5 cm³/mol. The van der Waals surface area contributed by atoms with Crippen LogP contribution in [0.1, 0.15) is 12.0 Å². The fourth-order valence-electron chi connectivity index (χ4n) is 1.38. The Bertz CT molecular complexity index is 477. The highest BCUT2D eigenvalue weighted by Crippen LogP contribution is 2.23. The standard InChI is InChI=1S/C11H14O4S/c1-15-11-8-10(16(2,13)14)6-5-9(11)4-3-7-12/h5-8H,3-4H2,1-2H3. The van der Waals surface area contributed by atoms with Gasteiger partial charge in [-0.1, -0.05) is 6.07 Å². The van der Waals surface area contributed by atoms with Gasteiger partial charge in [-0.05, 0) is 24.1 Å². The second kappa shape index (κ2) is 5.12. The molecule has 16 heavy (non-hydrogen) atoms. The van der Waals surface area contributed by atoms with E-state index in [1.807, 2.05) is 0 Å². The third-order valence-electron chi connectivity index (χ3n) is 2.22. The topological polar surface area (TPSA) is 60.4 Å². The van der Waals surface area contributed by atoms with Crippen molar-refractivity contribution in [3.05, 3.63) is 23.8 Å². The van der Waals surface area contributed by atoms with Gasteiger partial charge in [-0.15, -0.1) is 0 Å². The molecule has 0 saturated carbocycles. The first kappa shape index (κ1) is 12.7. The fraction of sp³-hybridized carbons (Fsp3) is 0.364. The van der Waals surface area contributed by atoms with Gasteiger partial charge in [0.1, 0.15) is 12.0 Å². The minimum Gasteiger partial charge on any atom is -0.496 e. The molecule has 0 aliphatic heterocycles. The van der Waals surface area contributed by atoms with Gasteiger partial charge in [0.25, 0.3) is 0 Å². The molecule has 0 amide bonds. The second-order valence-corrected chi connectivity index (χ2v) is 5.47. The van der Waals surface area contributed by atoms with Crippen LogP contribution in [0, 0.1) is 0 Å². The highest BCUT2D eigenvalue weighted by molar-refractivity contribution is 7.90. The Balaban J connectivity index is 3.11. The molecule has 0 saturated heterocycles. The second-order valence-electron chi connectivity index (χ2n) is 3.45. The van der Waals surface area contributed by atoms with Crippen LogP contribution in [0.5, 0.6) is 5.75 Å². The van der Waals surface area contributed by atoms with Crippen LogP contribution in [0.4, 0.5) is 0 Å². The Hall–Kier alpha value is -1.36. The van der Waals surface area contributed by atoms with Gasteiger partial charge in [0.05, 0.1) is 12.0 Å². The quantitative estimate of drug-likeness (QED) is 0.729. The first-order chi connectivity index (χ1) is 7.49. The average molecular weight is 242 g/mol. The molecule has 0 N–H and O–H groups in total. The van der Waals surface area contributed by atoms with E-state index in [1.165, 1.54) is 19.2 Å². The first-order valence-electron chi connectivity index (χ1n) is 4.79. The lowest BCUT2D eigenvalue weighted by atomic mass is 10.1. The summed E-state index contributed by atoms with van der Waals surface area (Å²) in [6.45, 7) is 0. The number of ether oxygens (including phenoxy) is 1. The van der Waals surface area contributed by atoms with Crippen molar-refractivity contribution in [3.8, 4) is 5.75 Å².